The van der Waals surface area contributed by atoms with Crippen molar-refractivity contribution in [3.63, 3.8) is 0 Å². The van der Waals surface area contributed by atoms with Gasteiger partial charge in [0.25, 0.3) is 5.91 Å². The number of nitrogens with one attached hydrogen (secondary N) is 1. The molecule has 1 saturated heterocycles. The Labute approximate surface area is 203 Å². The first-order valence-electron chi connectivity index (χ1n) is 10.7. The molecule has 172 valence electrons. The molecule has 0 unspecified atom stereocenters. The van der Waals surface area contributed by atoms with Crippen LogP contribution in [0, 0.1) is 5.92 Å². The predicted octanol–water partition coefficient (Wildman–Crippen LogP) is 5.29. The van der Waals surface area contributed by atoms with Gasteiger partial charge in [-0.3, -0.25) is 9.59 Å². The fourth-order valence-corrected chi connectivity index (χ4v) is 5.08. The molecule has 1 aliphatic rings. The van der Waals surface area contributed by atoms with Crippen molar-refractivity contribution in [3.8, 4) is 0 Å². The molecule has 1 N–H and O–H groups in total. The first kappa shape index (κ1) is 24.9. The fourth-order valence-electron chi connectivity index (χ4n) is 3.64. The molecule has 0 aliphatic carbocycles. The first-order chi connectivity index (χ1) is 15.5. The van der Waals surface area contributed by atoms with Crippen LogP contribution in [-0.4, -0.2) is 50.1 Å². The Kier molecular flexibility index (Phi) is 9.72. The van der Waals surface area contributed by atoms with Gasteiger partial charge in [0.2, 0.25) is 5.91 Å². The summed E-state index contributed by atoms with van der Waals surface area (Å²) in [7, 11) is 1.65. The van der Waals surface area contributed by atoms with E-state index in [-0.39, 0.29) is 17.7 Å². The number of hydrogen-bond acceptors (Lipinski definition) is 4. The van der Waals surface area contributed by atoms with Gasteiger partial charge in [0.1, 0.15) is 0 Å². The average Bonchev–Trinajstić information content (AvgIpc) is 2.82. The maximum absolute atomic E-state index is 13.0. The number of methoxy groups -OCH3 is 1. The molecule has 2 amide bonds. The SMILES string of the molecule is COCCCNC(=O)C1CCN(C(=O)c2cccc(CSc3cc(Cl)ccc3Cl)c2)CC1. The Balaban J connectivity index is 1.51. The fraction of sp³-hybridized carbons (Fsp3) is 0.417. The second-order valence-electron chi connectivity index (χ2n) is 7.77. The van der Waals surface area contributed by atoms with E-state index in [0.29, 0.717) is 60.4 Å². The summed E-state index contributed by atoms with van der Waals surface area (Å²) in [6.07, 6.45) is 2.17. The maximum atomic E-state index is 13.0. The van der Waals surface area contributed by atoms with E-state index in [1.807, 2.05) is 35.2 Å². The van der Waals surface area contributed by atoms with E-state index < -0.39 is 0 Å². The van der Waals surface area contributed by atoms with Crippen molar-refractivity contribution in [1.82, 2.24) is 10.2 Å². The lowest BCUT2D eigenvalue weighted by atomic mass is 9.95. The number of hydrogen-bond donors (Lipinski definition) is 1. The molecule has 0 aromatic heterocycles. The summed E-state index contributed by atoms with van der Waals surface area (Å²) >= 11 is 13.9. The zero-order valence-electron chi connectivity index (χ0n) is 18.1. The number of rotatable bonds is 9. The topological polar surface area (TPSA) is 58.6 Å². The number of nitrogens with zero attached hydrogens (tertiary/aromatic N) is 1. The molecule has 0 saturated carbocycles. The molecule has 1 heterocycles. The van der Waals surface area contributed by atoms with Gasteiger partial charge in [0, 0.05) is 60.5 Å². The maximum Gasteiger partial charge on any atom is 0.253 e. The van der Waals surface area contributed by atoms with Crippen LogP contribution >= 0.6 is 35.0 Å². The van der Waals surface area contributed by atoms with Gasteiger partial charge in [-0.1, -0.05) is 35.3 Å². The second-order valence-corrected chi connectivity index (χ2v) is 9.63. The van der Waals surface area contributed by atoms with E-state index in [9.17, 15) is 9.59 Å². The van der Waals surface area contributed by atoms with Gasteiger partial charge in [-0.2, -0.15) is 0 Å². The van der Waals surface area contributed by atoms with E-state index in [4.69, 9.17) is 27.9 Å². The number of benzene rings is 2. The third-order valence-corrected chi connectivity index (χ3v) is 7.24. The molecule has 0 spiro atoms. The monoisotopic (exact) mass is 494 g/mol. The lowest BCUT2D eigenvalue weighted by Crippen LogP contribution is -2.43. The van der Waals surface area contributed by atoms with Crippen molar-refractivity contribution in [2.75, 3.05) is 33.4 Å². The van der Waals surface area contributed by atoms with Gasteiger partial charge in [-0.25, -0.2) is 0 Å². The van der Waals surface area contributed by atoms with Gasteiger partial charge >= 0.3 is 0 Å². The quantitative estimate of drug-likeness (QED) is 0.380. The summed E-state index contributed by atoms with van der Waals surface area (Å²) in [5.74, 6) is 0.738. The lowest BCUT2D eigenvalue weighted by Gasteiger charge is -2.31. The van der Waals surface area contributed by atoms with Gasteiger partial charge in [0.05, 0.1) is 5.02 Å². The van der Waals surface area contributed by atoms with Crippen LogP contribution in [0.4, 0.5) is 0 Å². The Morgan fingerprint density at radius 2 is 1.94 bits per heavy atom. The van der Waals surface area contributed by atoms with Gasteiger partial charge in [-0.05, 0) is 55.2 Å². The Hall–Kier alpha value is -1.73. The van der Waals surface area contributed by atoms with Crippen LogP contribution in [0.1, 0.15) is 35.2 Å². The highest BCUT2D eigenvalue weighted by atomic mass is 35.5. The van der Waals surface area contributed by atoms with E-state index in [1.54, 1.807) is 31.0 Å². The minimum atomic E-state index is -0.0354. The van der Waals surface area contributed by atoms with E-state index in [0.717, 1.165) is 16.9 Å². The molecule has 0 radical (unpaired) electrons. The number of halogens is 2. The van der Waals surface area contributed by atoms with Crippen LogP contribution in [0.3, 0.4) is 0 Å². The zero-order chi connectivity index (χ0) is 22.9. The summed E-state index contributed by atoms with van der Waals surface area (Å²) in [6, 6.07) is 13.1. The molecule has 3 rings (SSSR count). The highest BCUT2D eigenvalue weighted by Crippen LogP contribution is 2.32. The first-order valence-corrected chi connectivity index (χ1v) is 12.4. The molecule has 8 heteroatoms. The molecule has 2 aromatic carbocycles. The molecule has 32 heavy (non-hydrogen) atoms. The van der Waals surface area contributed by atoms with Crippen LogP contribution in [0.15, 0.2) is 47.4 Å². The number of piperidine rings is 1. The van der Waals surface area contributed by atoms with Crippen molar-refractivity contribution in [2.24, 2.45) is 5.92 Å². The molecule has 2 aromatic rings. The summed E-state index contributed by atoms with van der Waals surface area (Å²) in [5, 5.41) is 4.27. The Bertz CT molecular complexity index is 933. The zero-order valence-corrected chi connectivity index (χ0v) is 20.4. The van der Waals surface area contributed by atoms with Crippen LogP contribution in [0.25, 0.3) is 0 Å². The van der Waals surface area contributed by atoms with Crippen molar-refractivity contribution in [2.45, 2.75) is 29.9 Å². The van der Waals surface area contributed by atoms with Crippen LogP contribution in [0.2, 0.25) is 10.0 Å². The third kappa shape index (κ3) is 7.14. The summed E-state index contributed by atoms with van der Waals surface area (Å²) in [5.41, 5.74) is 1.71. The van der Waals surface area contributed by atoms with Crippen LogP contribution in [0.5, 0.6) is 0 Å². The van der Waals surface area contributed by atoms with Gasteiger partial charge in [-0.15, -0.1) is 11.8 Å². The van der Waals surface area contributed by atoms with E-state index in [2.05, 4.69) is 5.32 Å². The van der Waals surface area contributed by atoms with Crippen LogP contribution < -0.4 is 5.32 Å². The third-order valence-electron chi connectivity index (χ3n) is 5.44. The normalized spacial score (nSPS) is 14.4. The number of carbonyl (C=O) groups excluding carboxylic acids is 2. The van der Waals surface area contributed by atoms with Crippen molar-refractivity contribution in [1.29, 1.82) is 0 Å². The minimum Gasteiger partial charge on any atom is -0.385 e. The second kappa shape index (κ2) is 12.5. The summed E-state index contributed by atoms with van der Waals surface area (Å²) < 4.78 is 5.00. The number of ether oxygens (including phenoxy) is 1. The van der Waals surface area contributed by atoms with Crippen molar-refractivity contribution < 1.29 is 14.3 Å². The van der Waals surface area contributed by atoms with Gasteiger partial charge < -0.3 is 15.0 Å². The van der Waals surface area contributed by atoms with Crippen molar-refractivity contribution in [3.05, 3.63) is 63.6 Å². The predicted molar refractivity (Wildman–Crippen MR) is 131 cm³/mol. The smallest absolute Gasteiger partial charge is 0.253 e. The minimum absolute atomic E-state index is 0.0107. The highest BCUT2D eigenvalue weighted by molar-refractivity contribution is 7.98. The number of amides is 2. The van der Waals surface area contributed by atoms with E-state index in [1.165, 1.54) is 0 Å². The summed E-state index contributed by atoms with van der Waals surface area (Å²) in [6.45, 7) is 2.44. The Morgan fingerprint density at radius 3 is 2.69 bits per heavy atom. The molecule has 0 bridgehead atoms. The lowest BCUT2D eigenvalue weighted by molar-refractivity contribution is -0.126. The average molecular weight is 495 g/mol. The number of carbonyl (C=O) groups is 2. The largest absolute Gasteiger partial charge is 0.385 e. The Morgan fingerprint density at radius 1 is 1.16 bits per heavy atom. The molecule has 5 nitrogen and oxygen atoms in total. The van der Waals surface area contributed by atoms with Crippen molar-refractivity contribution >= 4 is 46.8 Å². The molecule has 0 atom stereocenters. The molecular formula is C24H28Cl2N2O3S. The number of likely N-dealkylation sites (tertiary alicyclic amines) is 1. The molecular weight excluding hydrogens is 467 g/mol. The van der Waals surface area contributed by atoms with Crippen LogP contribution in [-0.2, 0) is 15.3 Å². The standard InChI is InChI=1S/C24H28Cl2N2O3S/c1-31-13-3-10-27-23(29)18-8-11-28(12-9-18)24(30)19-5-2-4-17(14-19)16-32-22-15-20(25)6-7-21(22)26/h2,4-7,14-15,18H,3,8-13,16H2,1H3,(H,27,29). The van der Waals surface area contributed by atoms with E-state index >= 15 is 0 Å². The summed E-state index contributed by atoms with van der Waals surface area (Å²) in [4.78, 5) is 28.1. The number of thioether (sulfide) groups is 1. The molecule has 1 aliphatic heterocycles. The van der Waals surface area contributed by atoms with Gasteiger partial charge in [0.15, 0.2) is 0 Å². The highest BCUT2D eigenvalue weighted by Gasteiger charge is 2.27. The molecule has 1 fully saturated rings.